The van der Waals surface area contributed by atoms with Crippen LogP contribution in [-0.4, -0.2) is 33.5 Å². The number of amides is 1. The molecule has 1 N–H and O–H groups in total. The highest BCUT2D eigenvalue weighted by Gasteiger charge is 2.26. The lowest BCUT2D eigenvalue weighted by Crippen LogP contribution is -2.24. The zero-order valence-corrected chi connectivity index (χ0v) is 19.6. The predicted octanol–water partition coefficient (Wildman–Crippen LogP) is 4.73. The van der Waals surface area contributed by atoms with Gasteiger partial charge in [-0.3, -0.25) is 9.59 Å². The molecule has 1 atom stereocenters. The van der Waals surface area contributed by atoms with Gasteiger partial charge in [0.05, 0.1) is 22.0 Å². The second-order valence-electron chi connectivity index (χ2n) is 7.24. The van der Waals surface area contributed by atoms with E-state index in [0.29, 0.717) is 22.7 Å². The topological polar surface area (TPSA) is 90.3 Å². The van der Waals surface area contributed by atoms with Crippen molar-refractivity contribution in [2.24, 2.45) is 0 Å². The van der Waals surface area contributed by atoms with Crippen molar-refractivity contribution in [2.45, 2.75) is 26.5 Å². The lowest BCUT2D eigenvalue weighted by atomic mass is 10.2. The molecule has 9 heteroatoms. The number of carbonyl (C=O) groups is 3. The van der Waals surface area contributed by atoms with Crippen molar-refractivity contribution in [2.75, 3.05) is 0 Å². The number of nitrogens with zero attached hydrogens (tertiary/aromatic N) is 2. The highest BCUT2D eigenvalue weighted by Crippen LogP contribution is 2.29. The quantitative estimate of drug-likeness (QED) is 0.292. The number of carbonyl (C=O) groups excluding carboxylic acids is 3. The molecule has 0 aliphatic heterocycles. The zero-order chi connectivity index (χ0) is 23.4. The predicted molar refractivity (Wildman–Crippen MR) is 128 cm³/mol. The number of Topliss-reactive ketones (excluding diaryl/α,β-unsaturated/α-hetero) is 1. The molecule has 0 aliphatic carbocycles. The Labute approximate surface area is 198 Å². The second kappa shape index (κ2) is 9.93. The largest absolute Gasteiger partial charge is 0.451 e. The van der Waals surface area contributed by atoms with Crippen molar-refractivity contribution in [3.05, 3.63) is 81.5 Å². The number of esters is 1. The van der Waals surface area contributed by atoms with Crippen LogP contribution in [0.1, 0.15) is 38.8 Å². The normalized spacial score (nSPS) is 11.7. The van der Waals surface area contributed by atoms with Gasteiger partial charge < -0.3 is 10.1 Å². The van der Waals surface area contributed by atoms with Crippen LogP contribution in [0.3, 0.4) is 0 Å². The fourth-order valence-electron chi connectivity index (χ4n) is 3.13. The zero-order valence-electron chi connectivity index (χ0n) is 18.0. The van der Waals surface area contributed by atoms with Crippen LogP contribution in [-0.2, 0) is 16.1 Å². The molecule has 33 heavy (non-hydrogen) atoms. The van der Waals surface area contributed by atoms with E-state index >= 15 is 0 Å². The lowest BCUT2D eigenvalue weighted by molar-refractivity contribution is -0.119. The number of rotatable bonds is 8. The average Bonchev–Trinajstić information content (AvgIpc) is 3.58. The first-order valence-electron chi connectivity index (χ1n) is 10.2. The van der Waals surface area contributed by atoms with Gasteiger partial charge in [-0.15, -0.1) is 22.7 Å². The van der Waals surface area contributed by atoms with Crippen molar-refractivity contribution in [3.63, 3.8) is 0 Å². The van der Waals surface area contributed by atoms with Gasteiger partial charge >= 0.3 is 5.97 Å². The number of aromatic nitrogens is 2. The maximum atomic E-state index is 13.1. The Bertz CT molecular complexity index is 1280. The summed E-state index contributed by atoms with van der Waals surface area (Å²) in [6, 6.07) is 16.7. The van der Waals surface area contributed by atoms with E-state index in [9.17, 15) is 14.4 Å². The van der Waals surface area contributed by atoms with E-state index in [1.807, 2.05) is 47.8 Å². The van der Waals surface area contributed by atoms with E-state index in [2.05, 4.69) is 10.4 Å². The Morgan fingerprint density at radius 2 is 1.88 bits per heavy atom. The maximum absolute atomic E-state index is 13.1. The van der Waals surface area contributed by atoms with Gasteiger partial charge in [-0.1, -0.05) is 24.3 Å². The van der Waals surface area contributed by atoms with E-state index in [0.717, 1.165) is 15.4 Å². The molecule has 4 rings (SSSR count). The van der Waals surface area contributed by atoms with Crippen molar-refractivity contribution in [1.29, 1.82) is 0 Å². The van der Waals surface area contributed by atoms with E-state index in [1.165, 1.54) is 29.6 Å². The Morgan fingerprint density at radius 3 is 2.58 bits per heavy atom. The van der Waals surface area contributed by atoms with Crippen LogP contribution >= 0.6 is 22.7 Å². The van der Waals surface area contributed by atoms with Crippen molar-refractivity contribution in [1.82, 2.24) is 15.1 Å². The van der Waals surface area contributed by atoms with Crippen LogP contribution in [0.15, 0.2) is 66.2 Å². The molecule has 0 fully saturated rings. The summed E-state index contributed by atoms with van der Waals surface area (Å²) in [5, 5.41) is 9.21. The summed E-state index contributed by atoms with van der Waals surface area (Å²) in [7, 11) is 0. The van der Waals surface area contributed by atoms with Crippen LogP contribution in [0.4, 0.5) is 0 Å². The summed E-state index contributed by atoms with van der Waals surface area (Å²) >= 11 is 2.74. The van der Waals surface area contributed by atoms with Gasteiger partial charge in [0.25, 0.3) is 0 Å². The minimum atomic E-state index is -0.971. The number of ether oxygens (including phenoxy) is 1. The number of ketones is 1. The van der Waals surface area contributed by atoms with Crippen LogP contribution in [0.25, 0.3) is 16.3 Å². The molecule has 1 unspecified atom stereocenters. The van der Waals surface area contributed by atoms with Crippen LogP contribution < -0.4 is 5.32 Å². The highest BCUT2D eigenvalue weighted by atomic mass is 32.1. The molecular formula is C24H21N3O4S2. The van der Waals surface area contributed by atoms with Gasteiger partial charge in [-0.25, -0.2) is 9.48 Å². The first-order chi connectivity index (χ1) is 15.9. The van der Waals surface area contributed by atoms with E-state index < -0.39 is 12.1 Å². The van der Waals surface area contributed by atoms with Gasteiger partial charge in [-0.05, 0) is 42.6 Å². The molecule has 0 aliphatic rings. The van der Waals surface area contributed by atoms with E-state index in [4.69, 9.17) is 4.74 Å². The number of hydrogen-bond acceptors (Lipinski definition) is 7. The van der Waals surface area contributed by atoms with Crippen molar-refractivity contribution in [3.8, 4) is 16.3 Å². The van der Waals surface area contributed by atoms with E-state index in [1.54, 1.807) is 29.9 Å². The molecule has 3 aromatic heterocycles. The second-order valence-corrected chi connectivity index (χ2v) is 9.35. The summed E-state index contributed by atoms with van der Waals surface area (Å²) in [5.74, 6) is -1.05. The maximum Gasteiger partial charge on any atom is 0.342 e. The smallest absolute Gasteiger partial charge is 0.342 e. The van der Waals surface area contributed by atoms with Crippen LogP contribution in [0, 0.1) is 0 Å². The molecule has 0 bridgehead atoms. The van der Waals surface area contributed by atoms with E-state index in [-0.39, 0.29) is 11.7 Å². The molecule has 0 radical (unpaired) electrons. The number of thiophene rings is 2. The number of hydrogen-bond donors (Lipinski definition) is 1. The third-order valence-electron chi connectivity index (χ3n) is 4.78. The van der Waals surface area contributed by atoms with Gasteiger partial charge in [0, 0.05) is 18.0 Å². The Hall–Kier alpha value is -3.56. The van der Waals surface area contributed by atoms with Crippen LogP contribution in [0.2, 0.25) is 0 Å². The summed E-state index contributed by atoms with van der Waals surface area (Å²) in [5.41, 5.74) is 1.61. The molecule has 3 heterocycles. The molecule has 1 amide bonds. The molecule has 1 aromatic carbocycles. The summed E-state index contributed by atoms with van der Waals surface area (Å²) in [6.45, 7) is 3.34. The van der Waals surface area contributed by atoms with Gasteiger partial charge in [0.2, 0.25) is 11.7 Å². The molecule has 0 saturated heterocycles. The van der Waals surface area contributed by atoms with Crippen molar-refractivity contribution >= 4 is 40.3 Å². The monoisotopic (exact) mass is 479 g/mol. The minimum absolute atomic E-state index is 0.142. The SMILES string of the molecule is CC(=O)NCc1ccc(C(=O)C(C)OC(=O)c2cn(-c3ccccc3)nc2-c2cccs2)s1. The Balaban J connectivity index is 1.53. The Kier molecular flexibility index (Phi) is 6.81. The van der Waals surface area contributed by atoms with Gasteiger partial charge in [-0.2, -0.15) is 5.10 Å². The molecule has 168 valence electrons. The molecule has 0 spiro atoms. The first-order valence-corrected chi connectivity index (χ1v) is 11.9. The number of nitrogens with one attached hydrogen (secondary N) is 1. The third kappa shape index (κ3) is 5.27. The molecule has 7 nitrogen and oxygen atoms in total. The molecule has 0 saturated carbocycles. The summed E-state index contributed by atoms with van der Waals surface area (Å²) < 4.78 is 7.18. The summed E-state index contributed by atoms with van der Waals surface area (Å²) in [4.78, 5) is 39.1. The first kappa shape index (κ1) is 22.6. The summed E-state index contributed by atoms with van der Waals surface area (Å²) in [6.07, 6.45) is 0.654. The van der Waals surface area contributed by atoms with Gasteiger partial charge in [0.15, 0.2) is 6.10 Å². The standard InChI is InChI=1S/C24H21N3O4S2/c1-15(23(29)21-11-10-18(33-21)13-25-16(2)28)31-24(30)19-14-27(17-7-4-3-5-8-17)26-22(19)20-9-6-12-32-20/h3-12,14-15H,13H2,1-2H3,(H,25,28). The fourth-order valence-corrected chi connectivity index (χ4v) is 4.82. The lowest BCUT2D eigenvalue weighted by Gasteiger charge is -2.11. The number of para-hydroxylation sites is 1. The minimum Gasteiger partial charge on any atom is -0.451 e. The average molecular weight is 480 g/mol. The fraction of sp³-hybridized carbons (Fsp3) is 0.167. The molecule has 4 aromatic rings. The van der Waals surface area contributed by atoms with Crippen molar-refractivity contribution < 1.29 is 19.1 Å². The Morgan fingerprint density at radius 1 is 1.09 bits per heavy atom. The molecular weight excluding hydrogens is 458 g/mol. The number of benzene rings is 1. The highest BCUT2D eigenvalue weighted by molar-refractivity contribution is 7.14. The third-order valence-corrected chi connectivity index (χ3v) is 6.75. The van der Waals surface area contributed by atoms with Crippen LogP contribution in [0.5, 0.6) is 0 Å². The van der Waals surface area contributed by atoms with Gasteiger partial charge in [0.1, 0.15) is 11.3 Å².